The van der Waals surface area contributed by atoms with Crippen molar-refractivity contribution < 1.29 is 14.7 Å². The first kappa shape index (κ1) is 16.7. The lowest BCUT2D eigenvalue weighted by atomic mass is 9.94. The molecular formula is C18H25NO3. The van der Waals surface area contributed by atoms with Crippen molar-refractivity contribution in [1.29, 1.82) is 0 Å². The summed E-state index contributed by atoms with van der Waals surface area (Å²) in [5.74, 6) is -1.06. The maximum Gasteiger partial charge on any atom is 0.305 e. The van der Waals surface area contributed by atoms with Crippen molar-refractivity contribution in [3.05, 3.63) is 35.9 Å². The van der Waals surface area contributed by atoms with Crippen LogP contribution in [0.15, 0.2) is 30.3 Å². The third-order valence-electron chi connectivity index (χ3n) is 4.30. The van der Waals surface area contributed by atoms with Gasteiger partial charge >= 0.3 is 5.97 Å². The van der Waals surface area contributed by atoms with Crippen LogP contribution in [0.25, 0.3) is 0 Å². The molecule has 0 saturated heterocycles. The summed E-state index contributed by atoms with van der Waals surface area (Å²) < 4.78 is 0. The van der Waals surface area contributed by atoms with E-state index in [1.54, 1.807) is 24.3 Å². The highest BCUT2D eigenvalue weighted by Crippen LogP contribution is 2.18. The number of benzene rings is 1. The molecule has 4 nitrogen and oxygen atoms in total. The molecule has 0 bridgehead atoms. The van der Waals surface area contributed by atoms with Gasteiger partial charge in [-0.1, -0.05) is 62.4 Å². The van der Waals surface area contributed by atoms with E-state index in [-0.39, 0.29) is 18.2 Å². The summed E-state index contributed by atoms with van der Waals surface area (Å²) in [6.07, 6.45) is 7.94. The van der Waals surface area contributed by atoms with Crippen LogP contribution in [0, 0.1) is 0 Å². The smallest absolute Gasteiger partial charge is 0.305 e. The second-order valence-electron chi connectivity index (χ2n) is 6.09. The molecule has 120 valence electrons. The Balaban J connectivity index is 2.04. The maximum absolute atomic E-state index is 12.6. The Labute approximate surface area is 131 Å². The minimum Gasteiger partial charge on any atom is -0.481 e. The van der Waals surface area contributed by atoms with Crippen LogP contribution in [-0.4, -0.2) is 28.9 Å². The largest absolute Gasteiger partial charge is 0.481 e. The number of carbonyl (C=O) groups is 2. The third kappa shape index (κ3) is 5.26. The summed E-state index contributed by atoms with van der Waals surface area (Å²) in [7, 11) is 0. The van der Waals surface area contributed by atoms with Crippen LogP contribution >= 0.6 is 0 Å². The Hall–Kier alpha value is -1.68. The second kappa shape index (κ2) is 8.69. The summed E-state index contributed by atoms with van der Waals surface area (Å²) in [4.78, 5) is 23.7. The molecule has 2 rings (SSSR count). The number of carboxylic acids is 1. The molecule has 1 aliphatic rings. The number of hydrogen-bond donors (Lipinski definition) is 2. The van der Waals surface area contributed by atoms with E-state index in [9.17, 15) is 9.59 Å². The molecule has 0 aromatic heterocycles. The third-order valence-corrected chi connectivity index (χ3v) is 4.30. The van der Waals surface area contributed by atoms with Gasteiger partial charge in [-0.15, -0.1) is 0 Å². The molecule has 1 fully saturated rings. The Bertz CT molecular complexity index is 478. The predicted octanol–water partition coefficient (Wildman–Crippen LogP) is 3.42. The fourth-order valence-corrected chi connectivity index (χ4v) is 3.11. The van der Waals surface area contributed by atoms with Crippen LogP contribution in [0.3, 0.4) is 0 Å². The van der Waals surface area contributed by atoms with E-state index in [0.29, 0.717) is 5.56 Å². The summed E-state index contributed by atoms with van der Waals surface area (Å²) >= 11 is 0. The Morgan fingerprint density at radius 3 is 2.23 bits per heavy atom. The van der Waals surface area contributed by atoms with E-state index in [0.717, 1.165) is 25.7 Å². The number of rotatable bonds is 6. The molecule has 1 aromatic rings. The minimum atomic E-state index is -0.937. The molecule has 1 atom stereocenters. The maximum atomic E-state index is 12.6. The van der Waals surface area contributed by atoms with E-state index in [2.05, 4.69) is 5.32 Å². The SMILES string of the molecule is O=C(O)CC(NC1CCCCCCC1)C(=O)c1ccccc1. The Morgan fingerprint density at radius 1 is 1.05 bits per heavy atom. The van der Waals surface area contributed by atoms with Crippen LogP contribution in [0.1, 0.15) is 61.7 Å². The van der Waals surface area contributed by atoms with Crippen molar-refractivity contribution in [2.45, 2.75) is 63.5 Å². The van der Waals surface area contributed by atoms with Crippen molar-refractivity contribution in [3.63, 3.8) is 0 Å². The van der Waals surface area contributed by atoms with E-state index >= 15 is 0 Å². The number of carboxylic acid groups (broad SMARTS) is 1. The van der Waals surface area contributed by atoms with Crippen molar-refractivity contribution in [2.24, 2.45) is 0 Å². The first-order valence-electron chi connectivity index (χ1n) is 8.24. The minimum absolute atomic E-state index is 0.120. The monoisotopic (exact) mass is 303 g/mol. The van der Waals surface area contributed by atoms with Gasteiger partial charge in [0, 0.05) is 11.6 Å². The quantitative estimate of drug-likeness (QED) is 0.790. The van der Waals surface area contributed by atoms with Crippen LogP contribution in [0.2, 0.25) is 0 Å². The molecule has 0 amide bonds. The molecule has 22 heavy (non-hydrogen) atoms. The topological polar surface area (TPSA) is 66.4 Å². The fourth-order valence-electron chi connectivity index (χ4n) is 3.11. The van der Waals surface area contributed by atoms with E-state index in [1.807, 2.05) is 6.07 Å². The fraction of sp³-hybridized carbons (Fsp3) is 0.556. The molecule has 0 spiro atoms. The highest BCUT2D eigenvalue weighted by Gasteiger charge is 2.25. The lowest BCUT2D eigenvalue weighted by molar-refractivity contribution is -0.137. The van der Waals surface area contributed by atoms with Crippen LogP contribution < -0.4 is 5.32 Å². The lowest BCUT2D eigenvalue weighted by Crippen LogP contribution is -2.45. The Kier molecular flexibility index (Phi) is 6.59. The molecule has 2 N–H and O–H groups in total. The Morgan fingerprint density at radius 2 is 1.64 bits per heavy atom. The number of Topliss-reactive ketones (excluding diaryl/α,β-unsaturated/α-hetero) is 1. The van der Waals surface area contributed by atoms with Gasteiger partial charge in [-0.05, 0) is 12.8 Å². The van der Waals surface area contributed by atoms with Crippen molar-refractivity contribution in [2.75, 3.05) is 0 Å². The number of nitrogens with one attached hydrogen (secondary N) is 1. The van der Waals surface area contributed by atoms with Crippen LogP contribution in [0.5, 0.6) is 0 Å². The van der Waals surface area contributed by atoms with Crippen LogP contribution in [-0.2, 0) is 4.79 Å². The van der Waals surface area contributed by atoms with Gasteiger partial charge in [0.25, 0.3) is 0 Å². The molecule has 4 heteroatoms. The number of carbonyl (C=O) groups excluding carboxylic acids is 1. The van der Waals surface area contributed by atoms with E-state index < -0.39 is 12.0 Å². The first-order valence-corrected chi connectivity index (χ1v) is 8.24. The molecule has 0 radical (unpaired) electrons. The van der Waals surface area contributed by atoms with Gasteiger partial charge in [0.15, 0.2) is 5.78 Å². The van der Waals surface area contributed by atoms with E-state index in [1.165, 1.54) is 19.3 Å². The first-order chi connectivity index (χ1) is 10.7. The molecule has 1 unspecified atom stereocenters. The summed E-state index contributed by atoms with van der Waals surface area (Å²) in [5, 5.41) is 12.4. The van der Waals surface area contributed by atoms with Gasteiger partial charge in [0.05, 0.1) is 12.5 Å². The van der Waals surface area contributed by atoms with Gasteiger partial charge in [-0.25, -0.2) is 0 Å². The molecule has 1 aliphatic carbocycles. The molecular weight excluding hydrogens is 278 g/mol. The lowest BCUT2D eigenvalue weighted by Gasteiger charge is -2.26. The normalized spacial score (nSPS) is 18.2. The highest BCUT2D eigenvalue weighted by atomic mass is 16.4. The molecule has 1 saturated carbocycles. The zero-order chi connectivity index (χ0) is 15.8. The number of aliphatic carboxylic acids is 1. The van der Waals surface area contributed by atoms with Gasteiger partial charge in [-0.3, -0.25) is 9.59 Å². The highest BCUT2D eigenvalue weighted by molar-refractivity contribution is 6.01. The van der Waals surface area contributed by atoms with E-state index in [4.69, 9.17) is 5.11 Å². The molecule has 0 heterocycles. The summed E-state index contributed by atoms with van der Waals surface area (Å²) in [6.45, 7) is 0. The summed E-state index contributed by atoms with van der Waals surface area (Å²) in [5.41, 5.74) is 0.576. The number of hydrogen-bond acceptors (Lipinski definition) is 3. The molecule has 0 aliphatic heterocycles. The van der Waals surface area contributed by atoms with Gasteiger partial charge < -0.3 is 10.4 Å². The average molecular weight is 303 g/mol. The van der Waals surface area contributed by atoms with Crippen molar-refractivity contribution in [3.8, 4) is 0 Å². The van der Waals surface area contributed by atoms with Crippen LogP contribution in [0.4, 0.5) is 0 Å². The summed E-state index contributed by atoms with van der Waals surface area (Å²) in [6, 6.07) is 8.57. The van der Waals surface area contributed by atoms with Gasteiger partial charge in [0.1, 0.15) is 0 Å². The molecule has 1 aromatic carbocycles. The standard InChI is InChI=1S/C18H25NO3/c20-17(21)13-16(18(22)14-9-5-4-6-10-14)19-15-11-7-2-1-3-8-12-15/h4-6,9-10,15-16,19H,1-3,7-8,11-13H2,(H,20,21). The average Bonchev–Trinajstić information content (AvgIpc) is 2.48. The second-order valence-corrected chi connectivity index (χ2v) is 6.09. The van der Waals surface area contributed by atoms with Crippen molar-refractivity contribution in [1.82, 2.24) is 5.32 Å². The number of ketones is 1. The van der Waals surface area contributed by atoms with Crippen molar-refractivity contribution >= 4 is 11.8 Å². The van der Waals surface area contributed by atoms with Gasteiger partial charge in [-0.2, -0.15) is 0 Å². The zero-order valence-corrected chi connectivity index (χ0v) is 13.0. The van der Waals surface area contributed by atoms with Gasteiger partial charge in [0.2, 0.25) is 0 Å². The zero-order valence-electron chi connectivity index (χ0n) is 13.0. The predicted molar refractivity (Wildman–Crippen MR) is 86.1 cm³/mol.